The van der Waals surface area contributed by atoms with Crippen LogP contribution in [0.25, 0.3) is 0 Å². The second-order valence-corrected chi connectivity index (χ2v) is 24.7. The van der Waals surface area contributed by atoms with Crippen LogP contribution in [0.15, 0.2) is 0 Å². The molecule has 0 spiro atoms. The molecule has 0 aliphatic carbocycles. The topological polar surface area (TPSA) is 182 Å². The molecule has 14 nitrogen and oxygen atoms in total. The van der Waals surface area contributed by atoms with Crippen LogP contribution >= 0.6 is 90.4 Å². The first-order valence-corrected chi connectivity index (χ1v) is 23.7. The number of alkyl halides is 4. The van der Waals surface area contributed by atoms with Crippen molar-refractivity contribution in [2.45, 2.75) is 120 Å². The van der Waals surface area contributed by atoms with Gasteiger partial charge in [-0.05, 0) is 120 Å². The third-order valence-electron chi connectivity index (χ3n) is 10.1. The molecule has 2 saturated heterocycles. The molecule has 0 bridgehead atoms. The molecule has 2 rings (SSSR count). The smallest absolute Gasteiger partial charge is 0.321 e. The molecule has 5 unspecified atom stereocenters. The van der Waals surface area contributed by atoms with Crippen molar-refractivity contribution in [3.05, 3.63) is 0 Å². The van der Waals surface area contributed by atoms with E-state index in [9.17, 15) is 28.8 Å². The molecule has 0 radical (unpaired) electrons. The third-order valence-corrected chi connectivity index (χ3v) is 13.1. The Bertz CT molecular complexity index is 1340. The largest absolute Gasteiger partial charge is 0.464 e. The summed E-state index contributed by atoms with van der Waals surface area (Å²) in [6.07, 6.45) is 3.81. The molecule has 0 aromatic heterocycles. The summed E-state index contributed by atoms with van der Waals surface area (Å²) in [7, 11) is 0. The van der Waals surface area contributed by atoms with Crippen molar-refractivity contribution in [1.29, 1.82) is 0 Å². The lowest BCUT2D eigenvalue weighted by atomic mass is 9.83. The summed E-state index contributed by atoms with van der Waals surface area (Å²) in [5.74, 6) is -5.27. The van der Waals surface area contributed by atoms with Gasteiger partial charge in [-0.2, -0.15) is 0 Å². The van der Waals surface area contributed by atoms with Crippen molar-refractivity contribution >= 4 is 126 Å². The lowest BCUT2D eigenvalue weighted by Crippen LogP contribution is -2.45. The van der Waals surface area contributed by atoms with E-state index in [1.54, 1.807) is 27.7 Å². The molecular weight excluding hydrogens is 1180 g/mol. The average molecular weight is 1240 g/mol. The molecule has 2 aliphatic heterocycles. The van der Waals surface area contributed by atoms with Crippen LogP contribution in [0.1, 0.15) is 93.9 Å². The molecular formula is C38H60I4N2O12. The maximum absolute atomic E-state index is 13.5. The van der Waals surface area contributed by atoms with Crippen molar-refractivity contribution in [2.75, 3.05) is 52.6 Å². The van der Waals surface area contributed by atoms with Crippen molar-refractivity contribution in [3.63, 3.8) is 0 Å². The fourth-order valence-electron chi connectivity index (χ4n) is 6.12. The van der Waals surface area contributed by atoms with Crippen LogP contribution in [0, 0.1) is 23.7 Å². The van der Waals surface area contributed by atoms with Gasteiger partial charge in [0, 0.05) is 11.8 Å². The Labute approximate surface area is 386 Å². The summed E-state index contributed by atoms with van der Waals surface area (Å²) in [5, 5.41) is 6.61. The zero-order chi connectivity index (χ0) is 42.5. The Hall–Kier alpha value is -0.340. The molecule has 5 atom stereocenters. The number of carbonyl (C=O) groups is 6. The number of nitrogens with one attached hydrogen (secondary N) is 2. The lowest BCUT2D eigenvalue weighted by molar-refractivity contribution is -0.177. The van der Waals surface area contributed by atoms with Crippen LogP contribution in [-0.4, -0.2) is 114 Å². The number of halogens is 4. The zero-order valence-corrected chi connectivity index (χ0v) is 42.4. The van der Waals surface area contributed by atoms with E-state index in [1.807, 2.05) is 118 Å². The van der Waals surface area contributed by atoms with Gasteiger partial charge in [0.1, 0.15) is 64.2 Å². The number of esters is 6. The SMILES string of the molecule is CC(I)C(=O)OCC(COC(=O)C(I)CCC(C)(I)C(=O)OCC(COC(=O)C(C)(C)I)C(=O)OC(C)(C)C1CCNCC1)C(=O)OC(C)(C)C1CCNCC1. The average Bonchev–Trinajstić information content (AvgIpc) is 3.13. The van der Waals surface area contributed by atoms with E-state index >= 15 is 0 Å². The highest BCUT2D eigenvalue weighted by molar-refractivity contribution is 14.1. The van der Waals surface area contributed by atoms with Gasteiger partial charge in [-0.25, -0.2) is 0 Å². The fraction of sp³-hybridized carbons (Fsp3) is 0.842. The predicted molar refractivity (Wildman–Crippen MR) is 243 cm³/mol. The summed E-state index contributed by atoms with van der Waals surface area (Å²) < 4.78 is 30.8. The van der Waals surface area contributed by atoms with Crippen molar-refractivity contribution in [1.82, 2.24) is 10.6 Å². The van der Waals surface area contributed by atoms with Gasteiger partial charge in [-0.1, -0.05) is 90.4 Å². The number of rotatable bonds is 21. The summed E-state index contributed by atoms with van der Waals surface area (Å²) in [4.78, 5) is 78.2. The van der Waals surface area contributed by atoms with Crippen molar-refractivity contribution < 1.29 is 57.2 Å². The zero-order valence-electron chi connectivity index (χ0n) is 33.8. The number of ether oxygens (including phenoxy) is 6. The van der Waals surface area contributed by atoms with E-state index in [2.05, 4.69) is 10.6 Å². The van der Waals surface area contributed by atoms with Gasteiger partial charge in [0.25, 0.3) is 0 Å². The van der Waals surface area contributed by atoms with Crippen molar-refractivity contribution in [3.8, 4) is 0 Å². The molecule has 0 amide bonds. The highest BCUT2D eigenvalue weighted by Crippen LogP contribution is 2.33. The number of carbonyl (C=O) groups excluding carboxylic acids is 6. The van der Waals surface area contributed by atoms with Crippen molar-refractivity contribution in [2.24, 2.45) is 23.7 Å². The second-order valence-electron chi connectivity index (χ2n) is 16.2. The van der Waals surface area contributed by atoms with Crippen LogP contribution in [0.2, 0.25) is 0 Å². The Morgan fingerprint density at radius 1 is 0.589 bits per heavy atom. The minimum Gasteiger partial charge on any atom is -0.464 e. The fourth-order valence-corrected chi connectivity index (χ4v) is 7.41. The molecule has 56 heavy (non-hydrogen) atoms. The lowest BCUT2D eigenvalue weighted by Gasteiger charge is -2.37. The van der Waals surface area contributed by atoms with Crippen LogP contribution in [0.3, 0.4) is 0 Å². The molecule has 18 heteroatoms. The molecule has 0 aromatic rings. The summed E-state index contributed by atoms with van der Waals surface area (Å²) in [5.41, 5.74) is -1.55. The maximum atomic E-state index is 13.5. The maximum Gasteiger partial charge on any atom is 0.321 e. The third kappa shape index (κ3) is 17.7. The Kier molecular flexibility index (Phi) is 21.8. The Morgan fingerprint density at radius 2 is 0.964 bits per heavy atom. The van der Waals surface area contributed by atoms with E-state index in [4.69, 9.17) is 28.4 Å². The first-order valence-electron chi connectivity index (χ1n) is 19.1. The Morgan fingerprint density at radius 3 is 1.36 bits per heavy atom. The standard InChI is InChI=1S/C38H60I4N2O12/c1-23(39)29(45)51-19-24(30(46)55-36(4,5)26-10-15-43-16-11-26)20-52-32(48)28(40)9-14-38(8,42)34(50)54-22-25(21-53-33(49)35(2,3)41)31(47)56-37(6,7)27-12-17-44-18-13-27/h23-28,43-44H,9-22H2,1-8H3. The highest BCUT2D eigenvalue weighted by atomic mass is 127. The second kappa shape index (κ2) is 23.6. The van der Waals surface area contributed by atoms with Gasteiger partial charge in [-0.3, -0.25) is 28.8 Å². The molecule has 322 valence electrons. The molecule has 2 heterocycles. The summed E-state index contributed by atoms with van der Waals surface area (Å²) in [6.45, 7) is 16.1. The van der Waals surface area contributed by atoms with Crippen LogP contribution in [0.4, 0.5) is 0 Å². The van der Waals surface area contributed by atoms with Crippen LogP contribution in [0.5, 0.6) is 0 Å². The van der Waals surface area contributed by atoms with Gasteiger partial charge in [0.15, 0.2) is 0 Å². The predicted octanol–water partition coefficient (Wildman–Crippen LogP) is 5.85. The van der Waals surface area contributed by atoms with Gasteiger partial charge < -0.3 is 39.1 Å². The van der Waals surface area contributed by atoms with E-state index in [0.29, 0.717) is 0 Å². The number of piperidine rings is 2. The first-order chi connectivity index (χ1) is 25.9. The summed E-state index contributed by atoms with van der Waals surface area (Å²) >= 11 is 7.76. The summed E-state index contributed by atoms with van der Waals surface area (Å²) in [6, 6.07) is 0. The monoisotopic (exact) mass is 1240 g/mol. The minimum atomic E-state index is -1.10. The molecule has 0 saturated carbocycles. The van der Waals surface area contributed by atoms with Gasteiger partial charge >= 0.3 is 35.8 Å². The van der Waals surface area contributed by atoms with Gasteiger partial charge in [0.05, 0.1) is 0 Å². The molecule has 2 aliphatic rings. The number of hydrogen-bond acceptors (Lipinski definition) is 14. The quantitative estimate of drug-likeness (QED) is 0.0605. The van der Waals surface area contributed by atoms with Gasteiger partial charge in [0.2, 0.25) is 0 Å². The van der Waals surface area contributed by atoms with Crippen LogP contribution in [-0.2, 0) is 57.2 Å². The number of hydrogen-bond donors (Lipinski definition) is 2. The van der Waals surface area contributed by atoms with E-state index in [1.165, 1.54) is 0 Å². The first kappa shape index (κ1) is 51.8. The van der Waals surface area contributed by atoms with Gasteiger partial charge in [-0.15, -0.1) is 0 Å². The molecule has 0 aromatic carbocycles. The highest BCUT2D eigenvalue weighted by Gasteiger charge is 2.40. The van der Waals surface area contributed by atoms with E-state index < -0.39 is 73.5 Å². The van der Waals surface area contributed by atoms with E-state index in [0.717, 1.165) is 51.9 Å². The Balaban J connectivity index is 2.02. The normalized spacial score (nSPS) is 19.3. The van der Waals surface area contributed by atoms with E-state index in [-0.39, 0.29) is 51.1 Å². The van der Waals surface area contributed by atoms with Crippen LogP contribution < -0.4 is 10.6 Å². The molecule has 2 fully saturated rings. The minimum absolute atomic E-state index is 0.135. The molecule has 2 N–H and O–H groups in total.